The van der Waals surface area contributed by atoms with E-state index < -0.39 is 0 Å². The Bertz CT molecular complexity index is 155. The zero-order valence-electron chi connectivity index (χ0n) is 12.9. The molecule has 0 bridgehead atoms. The molecule has 4 nitrogen and oxygen atoms in total. The minimum absolute atomic E-state index is 0.710. The van der Waals surface area contributed by atoms with Crippen molar-refractivity contribution in [2.45, 2.75) is 44.9 Å². The third-order valence-electron chi connectivity index (χ3n) is 2.84. The maximum atomic E-state index is 5.57. The number of hydrogen-bond acceptors (Lipinski definition) is 5. The van der Waals surface area contributed by atoms with Gasteiger partial charge in [0.25, 0.3) is 0 Å². The molecule has 5 heteroatoms. The molecule has 0 aliphatic carbocycles. The van der Waals surface area contributed by atoms with E-state index in [-0.39, 0.29) is 0 Å². The number of unbranched alkanes of at least 4 members (excludes halogenated alkanes) is 3. The van der Waals surface area contributed by atoms with E-state index in [9.17, 15) is 0 Å². The Morgan fingerprint density at radius 2 is 0.900 bits per heavy atom. The average Bonchev–Trinajstić information content (AvgIpc) is 2.47. The fraction of sp³-hybridized carbons (Fsp3) is 1.00. The molecular formula is C15H33NO3S. The molecule has 0 fully saturated rings. The normalized spacial score (nSPS) is 11.1. The van der Waals surface area contributed by atoms with Gasteiger partial charge in [-0.25, -0.2) is 0 Å². The van der Waals surface area contributed by atoms with Crippen molar-refractivity contribution >= 4 is 12.6 Å². The van der Waals surface area contributed by atoms with Crippen molar-refractivity contribution in [1.29, 1.82) is 0 Å². The fourth-order valence-corrected chi connectivity index (χ4v) is 1.85. The van der Waals surface area contributed by atoms with E-state index in [2.05, 4.69) is 12.6 Å². The summed E-state index contributed by atoms with van der Waals surface area (Å²) in [5.74, 6) is 0.954. The predicted octanol–water partition coefficient (Wildman–Crippen LogP) is 2.66. The van der Waals surface area contributed by atoms with Crippen LogP contribution in [-0.2, 0) is 14.2 Å². The first-order valence-corrected chi connectivity index (χ1v) is 8.59. The van der Waals surface area contributed by atoms with Crippen LogP contribution in [0, 0.1) is 0 Å². The second-order valence-corrected chi connectivity index (χ2v) is 5.27. The van der Waals surface area contributed by atoms with Crippen LogP contribution in [0.1, 0.15) is 44.9 Å². The van der Waals surface area contributed by atoms with Crippen molar-refractivity contribution in [1.82, 2.24) is 0 Å². The van der Waals surface area contributed by atoms with Gasteiger partial charge in [0.15, 0.2) is 0 Å². The first-order chi connectivity index (χ1) is 9.91. The summed E-state index contributed by atoms with van der Waals surface area (Å²) in [6.07, 6.45) is 7.52. The lowest BCUT2D eigenvalue weighted by molar-refractivity contribution is 0.0900. The Labute approximate surface area is 130 Å². The highest BCUT2D eigenvalue weighted by atomic mass is 32.1. The summed E-state index contributed by atoms with van der Waals surface area (Å²) in [5, 5.41) is 0. The fourth-order valence-electron chi connectivity index (χ4n) is 1.62. The van der Waals surface area contributed by atoms with Crippen LogP contribution in [0.4, 0.5) is 0 Å². The van der Waals surface area contributed by atoms with E-state index in [1.165, 1.54) is 0 Å². The van der Waals surface area contributed by atoms with Gasteiger partial charge in [-0.1, -0.05) is 0 Å². The molecule has 0 heterocycles. The van der Waals surface area contributed by atoms with Crippen molar-refractivity contribution in [3.8, 4) is 0 Å². The molecule has 0 rings (SSSR count). The zero-order valence-corrected chi connectivity index (χ0v) is 13.8. The number of thiol groups is 1. The highest BCUT2D eigenvalue weighted by Gasteiger charge is 1.93. The van der Waals surface area contributed by atoms with Gasteiger partial charge in [0, 0.05) is 39.6 Å². The zero-order chi connectivity index (χ0) is 14.7. The Balaban J connectivity index is 2.89. The topological polar surface area (TPSA) is 53.7 Å². The first-order valence-electron chi connectivity index (χ1n) is 7.96. The average molecular weight is 307 g/mol. The molecule has 0 aromatic rings. The summed E-state index contributed by atoms with van der Waals surface area (Å²) < 4.78 is 16.5. The van der Waals surface area contributed by atoms with E-state index in [0.717, 1.165) is 90.3 Å². The van der Waals surface area contributed by atoms with Crippen LogP contribution in [-0.4, -0.2) is 51.9 Å². The van der Waals surface area contributed by atoms with E-state index >= 15 is 0 Å². The smallest absolute Gasteiger partial charge is 0.0478 e. The Morgan fingerprint density at radius 3 is 1.25 bits per heavy atom. The Morgan fingerprint density at radius 1 is 0.550 bits per heavy atom. The lowest BCUT2D eigenvalue weighted by atomic mass is 10.3. The summed E-state index contributed by atoms with van der Waals surface area (Å²) in [5.41, 5.74) is 5.38. The molecule has 0 atom stereocenters. The molecule has 0 aromatic carbocycles. The second-order valence-electron chi connectivity index (χ2n) is 4.82. The molecule has 0 amide bonds. The van der Waals surface area contributed by atoms with E-state index in [4.69, 9.17) is 19.9 Å². The monoisotopic (exact) mass is 307 g/mol. The molecule has 2 N–H and O–H groups in total. The van der Waals surface area contributed by atoms with E-state index in [1.807, 2.05) is 0 Å². The summed E-state index contributed by atoms with van der Waals surface area (Å²) in [6, 6.07) is 0. The molecule has 20 heavy (non-hydrogen) atoms. The van der Waals surface area contributed by atoms with E-state index in [1.54, 1.807) is 0 Å². The summed E-state index contributed by atoms with van der Waals surface area (Å²) in [4.78, 5) is 0. The highest BCUT2D eigenvalue weighted by molar-refractivity contribution is 7.80. The van der Waals surface area contributed by atoms with Gasteiger partial charge in [0.2, 0.25) is 0 Å². The van der Waals surface area contributed by atoms with Crippen molar-refractivity contribution in [2.24, 2.45) is 5.73 Å². The predicted molar refractivity (Wildman–Crippen MR) is 87.7 cm³/mol. The van der Waals surface area contributed by atoms with Crippen LogP contribution in [0.25, 0.3) is 0 Å². The van der Waals surface area contributed by atoms with Crippen LogP contribution in [0.5, 0.6) is 0 Å². The molecule has 0 saturated carbocycles. The molecular weight excluding hydrogens is 274 g/mol. The van der Waals surface area contributed by atoms with Crippen molar-refractivity contribution in [2.75, 3.05) is 51.9 Å². The molecule has 122 valence electrons. The molecule has 0 aliphatic rings. The van der Waals surface area contributed by atoms with Crippen LogP contribution in [0.15, 0.2) is 0 Å². The minimum Gasteiger partial charge on any atom is -0.381 e. The lowest BCUT2D eigenvalue weighted by Gasteiger charge is -2.06. The minimum atomic E-state index is 0.710. The Kier molecular flexibility index (Phi) is 19.4. The lowest BCUT2D eigenvalue weighted by Crippen LogP contribution is -2.06. The maximum Gasteiger partial charge on any atom is 0.0478 e. The number of nitrogens with two attached hydrogens (primary N) is 1. The van der Waals surface area contributed by atoms with Crippen LogP contribution in [0.3, 0.4) is 0 Å². The van der Waals surface area contributed by atoms with E-state index in [0.29, 0.717) is 6.54 Å². The van der Waals surface area contributed by atoms with Crippen LogP contribution < -0.4 is 5.73 Å². The van der Waals surface area contributed by atoms with Gasteiger partial charge >= 0.3 is 0 Å². The molecule has 0 radical (unpaired) electrons. The second kappa shape index (κ2) is 19.2. The first kappa shape index (κ1) is 20.2. The van der Waals surface area contributed by atoms with Gasteiger partial charge in [0.05, 0.1) is 0 Å². The maximum absolute atomic E-state index is 5.57. The van der Waals surface area contributed by atoms with Gasteiger partial charge in [-0.3, -0.25) is 0 Å². The quantitative estimate of drug-likeness (QED) is 0.320. The number of ether oxygens (including phenoxy) is 3. The van der Waals surface area contributed by atoms with Gasteiger partial charge in [-0.05, 0) is 57.2 Å². The summed E-state index contributed by atoms with van der Waals surface area (Å²) in [7, 11) is 0. The Hall–Kier alpha value is 0.190. The van der Waals surface area contributed by atoms with Gasteiger partial charge in [0.1, 0.15) is 0 Å². The third kappa shape index (κ3) is 18.2. The van der Waals surface area contributed by atoms with Crippen LogP contribution >= 0.6 is 12.6 Å². The van der Waals surface area contributed by atoms with Gasteiger partial charge in [-0.15, -0.1) is 0 Å². The standard InChI is InChI=1S/C15H33NO3S/c16-8-7-14-19-12-4-3-10-17-9-1-2-11-18-13-5-6-15-20/h20H,1-16H2. The van der Waals surface area contributed by atoms with Crippen LogP contribution in [0.2, 0.25) is 0 Å². The molecule has 0 spiro atoms. The molecule has 0 saturated heterocycles. The number of hydrogen-bond donors (Lipinski definition) is 2. The van der Waals surface area contributed by atoms with Gasteiger partial charge < -0.3 is 19.9 Å². The SMILES string of the molecule is NCCCOCCCCOCCCCOCCCCS. The summed E-state index contributed by atoms with van der Waals surface area (Å²) >= 11 is 4.16. The molecule has 0 unspecified atom stereocenters. The molecule has 0 aliphatic heterocycles. The van der Waals surface area contributed by atoms with Crippen molar-refractivity contribution < 1.29 is 14.2 Å². The third-order valence-corrected chi connectivity index (χ3v) is 3.16. The number of rotatable bonds is 17. The van der Waals surface area contributed by atoms with Crippen molar-refractivity contribution in [3.63, 3.8) is 0 Å². The largest absolute Gasteiger partial charge is 0.381 e. The molecule has 0 aromatic heterocycles. The van der Waals surface area contributed by atoms with Crippen molar-refractivity contribution in [3.05, 3.63) is 0 Å². The highest BCUT2D eigenvalue weighted by Crippen LogP contribution is 1.97. The van der Waals surface area contributed by atoms with Gasteiger partial charge in [-0.2, -0.15) is 12.6 Å². The summed E-state index contributed by atoms with van der Waals surface area (Å²) in [6.45, 7) is 5.71.